The molecule has 0 aliphatic carbocycles. The maximum Gasteiger partial charge on any atom is 0.252 e. The third-order valence-electron chi connectivity index (χ3n) is 6.04. The molecule has 4 heterocycles. The van der Waals surface area contributed by atoms with Gasteiger partial charge in [-0.15, -0.1) is 11.3 Å². The van der Waals surface area contributed by atoms with E-state index >= 15 is 0 Å². The predicted molar refractivity (Wildman–Crippen MR) is 134 cm³/mol. The van der Waals surface area contributed by atoms with Crippen LogP contribution in [-0.2, 0) is 19.6 Å². The summed E-state index contributed by atoms with van der Waals surface area (Å²) in [7, 11) is 3.65. The van der Waals surface area contributed by atoms with Gasteiger partial charge in [-0.05, 0) is 47.7 Å². The van der Waals surface area contributed by atoms with Gasteiger partial charge in [0.05, 0.1) is 18.2 Å². The lowest BCUT2D eigenvalue weighted by Crippen LogP contribution is -2.41. The molecular formula is C25H22ClN5OS. The van der Waals surface area contributed by atoms with Gasteiger partial charge in [0.15, 0.2) is 0 Å². The zero-order chi connectivity index (χ0) is 23.3. The molecule has 0 spiro atoms. The van der Waals surface area contributed by atoms with Gasteiger partial charge >= 0.3 is 0 Å². The van der Waals surface area contributed by atoms with Crippen LogP contribution in [0.5, 0.6) is 0 Å². The molecule has 8 heteroatoms. The summed E-state index contributed by atoms with van der Waals surface area (Å²) in [4.78, 5) is 22.7. The van der Waals surface area contributed by atoms with Crippen LogP contribution in [0.2, 0.25) is 5.02 Å². The Morgan fingerprint density at radius 2 is 1.82 bits per heavy atom. The van der Waals surface area contributed by atoms with Crippen molar-refractivity contribution in [1.82, 2.24) is 19.1 Å². The van der Waals surface area contributed by atoms with E-state index in [9.17, 15) is 4.79 Å². The van der Waals surface area contributed by atoms with E-state index < -0.39 is 5.54 Å². The van der Waals surface area contributed by atoms with E-state index in [0.717, 1.165) is 38.2 Å². The second-order valence-corrected chi connectivity index (χ2v) is 9.59. The maximum absolute atomic E-state index is 12.7. The Bertz CT molecular complexity index is 1550. The average molecular weight is 476 g/mol. The van der Waals surface area contributed by atoms with Crippen LogP contribution in [0.25, 0.3) is 21.5 Å². The molecule has 0 saturated carbocycles. The molecule has 166 valence electrons. The highest BCUT2D eigenvalue weighted by Crippen LogP contribution is 2.38. The predicted octanol–water partition coefficient (Wildman–Crippen LogP) is 4.61. The van der Waals surface area contributed by atoms with Gasteiger partial charge in [-0.1, -0.05) is 23.7 Å². The van der Waals surface area contributed by atoms with Crippen LogP contribution in [0.4, 0.5) is 0 Å². The molecule has 0 fully saturated rings. The Kier molecular flexibility index (Phi) is 5.20. The number of thiophene rings is 1. The summed E-state index contributed by atoms with van der Waals surface area (Å²) in [5.41, 5.74) is 11.1. The SMILES string of the molecule is Cc1csc(-c2cc(=O)n(C)c3ncc([C@](N)(c4ccc(Cl)cc4)c4cncn4C)cc23)c1. The molecule has 0 amide bonds. The lowest BCUT2D eigenvalue weighted by atomic mass is 9.81. The van der Waals surface area contributed by atoms with E-state index in [4.69, 9.17) is 22.3 Å². The summed E-state index contributed by atoms with van der Waals surface area (Å²) in [5, 5.41) is 3.57. The molecule has 1 atom stereocenters. The average Bonchev–Trinajstić information content (AvgIpc) is 3.44. The third kappa shape index (κ3) is 3.49. The van der Waals surface area contributed by atoms with E-state index in [0.29, 0.717) is 10.7 Å². The lowest BCUT2D eigenvalue weighted by Gasteiger charge is -2.31. The minimum Gasteiger partial charge on any atom is -0.336 e. The molecule has 5 rings (SSSR count). The van der Waals surface area contributed by atoms with Gasteiger partial charge in [-0.2, -0.15) is 0 Å². The molecule has 1 aromatic carbocycles. The third-order valence-corrected chi connectivity index (χ3v) is 7.38. The second-order valence-electron chi connectivity index (χ2n) is 8.24. The highest BCUT2D eigenvalue weighted by molar-refractivity contribution is 7.13. The highest BCUT2D eigenvalue weighted by atomic mass is 35.5. The Hall–Kier alpha value is -3.26. The zero-order valence-electron chi connectivity index (χ0n) is 18.4. The maximum atomic E-state index is 12.7. The van der Waals surface area contributed by atoms with Crippen LogP contribution in [0, 0.1) is 6.92 Å². The van der Waals surface area contributed by atoms with Gasteiger partial charge in [0.25, 0.3) is 5.56 Å². The Labute approximate surface area is 199 Å². The van der Waals surface area contributed by atoms with Crippen molar-refractivity contribution < 1.29 is 0 Å². The van der Waals surface area contributed by atoms with Crippen molar-refractivity contribution in [3.8, 4) is 10.4 Å². The van der Waals surface area contributed by atoms with Crippen molar-refractivity contribution in [3.63, 3.8) is 0 Å². The molecule has 0 unspecified atom stereocenters. The van der Waals surface area contributed by atoms with Gasteiger partial charge < -0.3 is 10.3 Å². The number of benzene rings is 1. The Morgan fingerprint density at radius 3 is 2.45 bits per heavy atom. The molecule has 0 bridgehead atoms. The molecule has 6 nitrogen and oxygen atoms in total. The molecule has 0 saturated heterocycles. The number of hydrogen-bond donors (Lipinski definition) is 1. The van der Waals surface area contributed by atoms with Gasteiger partial charge in [0.2, 0.25) is 0 Å². The minimum absolute atomic E-state index is 0.104. The molecule has 2 N–H and O–H groups in total. The van der Waals surface area contributed by atoms with Crippen molar-refractivity contribution in [3.05, 3.63) is 104 Å². The number of pyridine rings is 2. The lowest BCUT2D eigenvalue weighted by molar-refractivity contribution is 0.594. The van der Waals surface area contributed by atoms with E-state index in [1.54, 1.807) is 47.7 Å². The molecule has 0 radical (unpaired) electrons. The van der Waals surface area contributed by atoms with Crippen LogP contribution < -0.4 is 11.3 Å². The van der Waals surface area contributed by atoms with E-state index in [1.165, 1.54) is 0 Å². The van der Waals surface area contributed by atoms with Crippen LogP contribution in [0.1, 0.15) is 22.4 Å². The van der Waals surface area contributed by atoms with E-state index in [2.05, 4.69) is 16.4 Å². The van der Waals surface area contributed by atoms with Crippen LogP contribution in [-0.4, -0.2) is 19.1 Å². The molecular weight excluding hydrogens is 454 g/mol. The summed E-state index contributed by atoms with van der Waals surface area (Å²) in [6.07, 6.45) is 5.24. The molecule has 33 heavy (non-hydrogen) atoms. The smallest absolute Gasteiger partial charge is 0.252 e. The number of imidazole rings is 1. The second kappa shape index (κ2) is 7.95. The minimum atomic E-state index is -1.03. The summed E-state index contributed by atoms with van der Waals surface area (Å²) in [6.45, 7) is 2.04. The standard InChI is InChI=1S/C25H22ClN5OS/c1-15-8-21(33-13-15)19-10-23(32)31(3)24-20(19)9-17(11-29-24)25(27,22-12-28-14-30(22)2)16-4-6-18(26)7-5-16/h4-14H,27H2,1-3H3/t25-/m1/s1. The monoisotopic (exact) mass is 475 g/mol. The van der Waals surface area contributed by atoms with Gasteiger partial charge in [0, 0.05) is 52.8 Å². The summed E-state index contributed by atoms with van der Waals surface area (Å²) >= 11 is 7.77. The van der Waals surface area contributed by atoms with Crippen LogP contribution >= 0.6 is 22.9 Å². The first-order chi connectivity index (χ1) is 15.8. The van der Waals surface area contributed by atoms with E-state index in [1.807, 2.05) is 48.9 Å². The van der Waals surface area contributed by atoms with Gasteiger partial charge in [-0.3, -0.25) is 9.36 Å². The van der Waals surface area contributed by atoms with Crippen LogP contribution in [0.3, 0.4) is 0 Å². The fourth-order valence-electron chi connectivity index (χ4n) is 4.23. The molecule has 0 aliphatic heterocycles. The van der Waals surface area contributed by atoms with Gasteiger partial charge in [0.1, 0.15) is 11.2 Å². The number of halogens is 1. The number of hydrogen-bond acceptors (Lipinski definition) is 5. The fourth-order valence-corrected chi connectivity index (χ4v) is 5.29. The highest BCUT2D eigenvalue weighted by Gasteiger charge is 2.35. The normalized spacial score (nSPS) is 13.4. The number of nitrogens with two attached hydrogens (primary N) is 1. The molecule has 5 aromatic rings. The van der Waals surface area contributed by atoms with Crippen LogP contribution in [0.15, 0.2) is 71.4 Å². The quantitative estimate of drug-likeness (QED) is 0.411. The molecule has 0 aliphatic rings. The first-order valence-electron chi connectivity index (χ1n) is 10.4. The topological polar surface area (TPSA) is 78.7 Å². The summed E-state index contributed by atoms with van der Waals surface area (Å²) in [5.74, 6) is 0. The summed E-state index contributed by atoms with van der Waals surface area (Å²) in [6, 6.07) is 13.3. The first-order valence-corrected chi connectivity index (χ1v) is 11.6. The Morgan fingerprint density at radius 1 is 1.06 bits per heavy atom. The van der Waals surface area contributed by atoms with Crippen molar-refractivity contribution >= 4 is 34.0 Å². The largest absolute Gasteiger partial charge is 0.336 e. The first kappa shape index (κ1) is 21.6. The number of rotatable bonds is 4. The number of nitrogens with zero attached hydrogens (tertiary/aromatic N) is 4. The van der Waals surface area contributed by atoms with Gasteiger partial charge in [-0.25, -0.2) is 9.97 Å². The summed E-state index contributed by atoms with van der Waals surface area (Å²) < 4.78 is 3.47. The molecule has 4 aromatic heterocycles. The fraction of sp³-hybridized carbons (Fsp3) is 0.160. The van der Waals surface area contributed by atoms with Crippen molar-refractivity contribution in [1.29, 1.82) is 0 Å². The van der Waals surface area contributed by atoms with Crippen molar-refractivity contribution in [2.45, 2.75) is 12.5 Å². The number of aryl methyl sites for hydroxylation is 3. The van der Waals surface area contributed by atoms with Crippen molar-refractivity contribution in [2.75, 3.05) is 0 Å². The number of fused-ring (bicyclic) bond motifs is 1. The zero-order valence-corrected chi connectivity index (χ0v) is 20.0. The number of aromatic nitrogens is 4. The van der Waals surface area contributed by atoms with Crippen molar-refractivity contribution in [2.24, 2.45) is 19.8 Å². The van der Waals surface area contributed by atoms with E-state index in [-0.39, 0.29) is 5.56 Å². The Balaban J connectivity index is 1.83.